The molecule has 1 saturated carbocycles. The maximum Gasteiger partial charge on any atom is 0.0992 e. The highest BCUT2D eigenvalue weighted by Gasteiger charge is 2.27. The molecule has 2 rings (SSSR count). The van der Waals surface area contributed by atoms with E-state index in [1.165, 1.54) is 25.7 Å². The topological polar surface area (TPSA) is 61.8 Å². The Kier molecular flexibility index (Phi) is 4.31. The van der Waals surface area contributed by atoms with Crippen LogP contribution in [0.15, 0.2) is 18.2 Å². The van der Waals surface area contributed by atoms with Gasteiger partial charge in [-0.2, -0.15) is 5.26 Å². The summed E-state index contributed by atoms with van der Waals surface area (Å²) in [5.74, 6) is 1.37. The summed E-state index contributed by atoms with van der Waals surface area (Å²) in [4.78, 5) is 0. The van der Waals surface area contributed by atoms with Crippen molar-refractivity contribution in [2.45, 2.75) is 45.6 Å². The van der Waals surface area contributed by atoms with Gasteiger partial charge >= 0.3 is 0 Å². The molecule has 3 heteroatoms. The molecule has 0 bridgehead atoms. The molecular formula is C16H23N3. The average Bonchev–Trinajstić information content (AvgIpc) is 2.41. The second-order valence-corrected chi connectivity index (χ2v) is 5.86. The van der Waals surface area contributed by atoms with Gasteiger partial charge in [-0.1, -0.05) is 26.7 Å². The predicted molar refractivity (Wildman–Crippen MR) is 79.8 cm³/mol. The van der Waals surface area contributed by atoms with Gasteiger partial charge in [0.15, 0.2) is 0 Å². The highest BCUT2D eigenvalue weighted by molar-refractivity contribution is 5.68. The van der Waals surface area contributed by atoms with E-state index >= 15 is 0 Å². The quantitative estimate of drug-likeness (QED) is 0.810. The van der Waals surface area contributed by atoms with E-state index in [0.717, 1.165) is 11.4 Å². The van der Waals surface area contributed by atoms with Crippen molar-refractivity contribution in [1.82, 2.24) is 0 Å². The van der Waals surface area contributed by atoms with Crippen molar-refractivity contribution >= 4 is 11.4 Å². The maximum absolute atomic E-state index is 8.98. The number of hydrogen-bond acceptors (Lipinski definition) is 3. The van der Waals surface area contributed by atoms with E-state index in [4.69, 9.17) is 11.0 Å². The third-order valence-electron chi connectivity index (χ3n) is 4.20. The summed E-state index contributed by atoms with van der Waals surface area (Å²) in [6.07, 6.45) is 5.08. The lowest BCUT2D eigenvalue weighted by Crippen LogP contribution is -2.35. The van der Waals surface area contributed by atoms with Crippen molar-refractivity contribution < 1.29 is 0 Å². The van der Waals surface area contributed by atoms with E-state index in [0.29, 0.717) is 23.4 Å². The normalized spacial score (nSPS) is 23.1. The molecule has 0 amide bonds. The van der Waals surface area contributed by atoms with E-state index in [1.807, 2.05) is 12.1 Å². The van der Waals surface area contributed by atoms with Crippen molar-refractivity contribution in [3.63, 3.8) is 0 Å². The van der Waals surface area contributed by atoms with Crippen molar-refractivity contribution in [3.8, 4) is 6.07 Å². The Morgan fingerprint density at radius 3 is 2.74 bits per heavy atom. The van der Waals surface area contributed by atoms with E-state index in [2.05, 4.69) is 25.2 Å². The van der Waals surface area contributed by atoms with Gasteiger partial charge in [-0.25, -0.2) is 0 Å². The first kappa shape index (κ1) is 13.7. The van der Waals surface area contributed by atoms with Crippen molar-refractivity contribution in [2.75, 3.05) is 11.1 Å². The zero-order valence-electron chi connectivity index (χ0n) is 11.8. The number of nitrogens with two attached hydrogens (primary N) is 1. The molecule has 1 aliphatic carbocycles. The molecule has 2 unspecified atom stereocenters. The number of anilines is 2. The first-order valence-electron chi connectivity index (χ1n) is 7.18. The number of hydrogen-bond donors (Lipinski definition) is 2. The van der Waals surface area contributed by atoms with Gasteiger partial charge in [-0.05, 0) is 42.9 Å². The molecule has 0 heterocycles. The van der Waals surface area contributed by atoms with Crippen LogP contribution in [0.3, 0.4) is 0 Å². The smallest absolute Gasteiger partial charge is 0.0992 e. The van der Waals surface area contributed by atoms with Crippen LogP contribution >= 0.6 is 0 Å². The Balaban J connectivity index is 2.17. The van der Waals surface area contributed by atoms with Crippen LogP contribution < -0.4 is 11.1 Å². The summed E-state index contributed by atoms with van der Waals surface area (Å²) in [5.41, 5.74) is 8.31. The summed E-state index contributed by atoms with van der Waals surface area (Å²) < 4.78 is 0. The molecule has 0 spiro atoms. The zero-order valence-corrected chi connectivity index (χ0v) is 11.8. The van der Waals surface area contributed by atoms with Crippen LogP contribution in [0.1, 0.15) is 45.1 Å². The van der Waals surface area contributed by atoms with Crippen LogP contribution in [0.2, 0.25) is 0 Å². The summed E-state index contributed by atoms with van der Waals surface area (Å²) in [5, 5.41) is 12.6. The number of nitriles is 1. The van der Waals surface area contributed by atoms with Crippen LogP contribution in [0.4, 0.5) is 11.4 Å². The van der Waals surface area contributed by atoms with Gasteiger partial charge in [0.25, 0.3) is 0 Å². The highest BCUT2D eigenvalue weighted by Crippen LogP contribution is 2.33. The number of nitrogen functional groups attached to an aromatic ring is 1. The lowest BCUT2D eigenvalue weighted by atomic mass is 9.77. The van der Waals surface area contributed by atoms with Gasteiger partial charge in [-0.3, -0.25) is 0 Å². The number of rotatable bonds is 3. The number of benzene rings is 1. The minimum Gasteiger partial charge on any atom is -0.397 e. The van der Waals surface area contributed by atoms with Gasteiger partial charge in [0.2, 0.25) is 0 Å². The third kappa shape index (κ3) is 3.20. The molecule has 0 aromatic heterocycles. The standard InChI is InChI=1S/C16H23N3/c1-11(2)13-5-3-4-6-15(13)19-16-9-12(10-17)7-8-14(16)18/h7-9,11,13,15,19H,3-6,18H2,1-2H3. The van der Waals surface area contributed by atoms with Crippen molar-refractivity contribution in [2.24, 2.45) is 11.8 Å². The molecule has 1 aromatic rings. The van der Waals surface area contributed by atoms with Crippen LogP contribution in [0.5, 0.6) is 0 Å². The van der Waals surface area contributed by atoms with E-state index < -0.39 is 0 Å². The summed E-state index contributed by atoms with van der Waals surface area (Å²) in [6.45, 7) is 4.58. The van der Waals surface area contributed by atoms with Crippen molar-refractivity contribution in [1.29, 1.82) is 5.26 Å². The molecule has 1 aliphatic rings. The maximum atomic E-state index is 8.98. The minimum atomic E-state index is 0.477. The van der Waals surface area contributed by atoms with Crippen LogP contribution in [0.25, 0.3) is 0 Å². The summed E-state index contributed by atoms with van der Waals surface area (Å²) >= 11 is 0. The lowest BCUT2D eigenvalue weighted by Gasteiger charge is -2.35. The average molecular weight is 257 g/mol. The summed E-state index contributed by atoms with van der Waals surface area (Å²) in [6, 6.07) is 8.09. The largest absolute Gasteiger partial charge is 0.397 e. The Labute approximate surface area is 115 Å². The Hall–Kier alpha value is -1.69. The SMILES string of the molecule is CC(C)C1CCCCC1Nc1cc(C#N)ccc1N. The van der Waals surface area contributed by atoms with Gasteiger partial charge in [-0.15, -0.1) is 0 Å². The van der Waals surface area contributed by atoms with E-state index in [-0.39, 0.29) is 0 Å². The minimum absolute atomic E-state index is 0.477. The molecular weight excluding hydrogens is 234 g/mol. The monoisotopic (exact) mass is 257 g/mol. The van der Waals surface area contributed by atoms with E-state index in [1.54, 1.807) is 6.07 Å². The van der Waals surface area contributed by atoms with E-state index in [9.17, 15) is 0 Å². The van der Waals surface area contributed by atoms with Gasteiger partial charge in [0, 0.05) is 6.04 Å². The fourth-order valence-electron chi connectivity index (χ4n) is 3.09. The molecule has 3 nitrogen and oxygen atoms in total. The van der Waals surface area contributed by atoms with Crippen molar-refractivity contribution in [3.05, 3.63) is 23.8 Å². The molecule has 0 saturated heterocycles. The number of nitrogens with zero attached hydrogens (tertiary/aromatic N) is 1. The third-order valence-corrected chi connectivity index (χ3v) is 4.20. The highest BCUT2D eigenvalue weighted by atomic mass is 14.9. The predicted octanol–water partition coefficient (Wildman–Crippen LogP) is 3.77. The zero-order chi connectivity index (χ0) is 13.8. The molecule has 1 fully saturated rings. The Morgan fingerprint density at radius 2 is 2.05 bits per heavy atom. The molecule has 2 atom stereocenters. The van der Waals surface area contributed by atoms with Gasteiger partial charge in [0.05, 0.1) is 23.0 Å². The number of nitrogens with one attached hydrogen (secondary N) is 1. The molecule has 102 valence electrons. The molecule has 1 aromatic carbocycles. The molecule has 19 heavy (non-hydrogen) atoms. The fourth-order valence-corrected chi connectivity index (χ4v) is 3.09. The lowest BCUT2D eigenvalue weighted by molar-refractivity contribution is 0.254. The van der Waals surface area contributed by atoms with Crippen LogP contribution in [-0.4, -0.2) is 6.04 Å². The molecule has 0 aliphatic heterocycles. The van der Waals surface area contributed by atoms with Gasteiger partial charge < -0.3 is 11.1 Å². The Bertz CT molecular complexity index is 473. The molecule has 0 radical (unpaired) electrons. The van der Waals surface area contributed by atoms with Gasteiger partial charge in [0.1, 0.15) is 0 Å². The van der Waals surface area contributed by atoms with Crippen LogP contribution in [0, 0.1) is 23.2 Å². The van der Waals surface area contributed by atoms with Crippen LogP contribution in [-0.2, 0) is 0 Å². The second kappa shape index (κ2) is 5.97. The first-order chi connectivity index (χ1) is 9.11. The molecule has 3 N–H and O–H groups in total. The summed E-state index contributed by atoms with van der Waals surface area (Å²) in [7, 11) is 0. The Morgan fingerprint density at radius 1 is 1.32 bits per heavy atom. The first-order valence-corrected chi connectivity index (χ1v) is 7.18. The fraction of sp³-hybridized carbons (Fsp3) is 0.562. The second-order valence-electron chi connectivity index (χ2n) is 5.86.